The minimum atomic E-state index is -6.12. The van der Waals surface area contributed by atoms with E-state index >= 15 is 0 Å². The second-order valence-electron chi connectivity index (χ2n) is 4.92. The van der Waals surface area contributed by atoms with Crippen LogP contribution in [-0.4, -0.2) is 32.8 Å². The van der Waals surface area contributed by atoms with E-state index in [0.29, 0.717) is 12.1 Å². The first-order valence-corrected chi connectivity index (χ1v) is 6.35. The molecule has 134 valence electrons. The number of aromatic hydroxyl groups is 4. The highest BCUT2D eigenvalue weighted by Crippen LogP contribution is 2.61. The van der Waals surface area contributed by atoms with E-state index in [2.05, 4.69) is 0 Å². The third kappa shape index (κ3) is 2.57. The van der Waals surface area contributed by atoms with Crippen LogP contribution in [0.3, 0.4) is 0 Å². The Kier molecular flexibility index (Phi) is 4.19. The van der Waals surface area contributed by atoms with E-state index in [0.717, 1.165) is 0 Å². The summed E-state index contributed by atoms with van der Waals surface area (Å²) < 4.78 is 82.4. The molecule has 0 bridgehead atoms. The maximum Gasteiger partial charge on any atom is 0.411 e. The highest BCUT2D eigenvalue weighted by molar-refractivity contribution is 5.59. The molecule has 0 saturated carbocycles. The van der Waals surface area contributed by atoms with Crippen molar-refractivity contribution in [2.45, 2.75) is 17.8 Å². The van der Waals surface area contributed by atoms with Crippen molar-refractivity contribution in [2.24, 2.45) is 0 Å². The second-order valence-corrected chi connectivity index (χ2v) is 4.92. The zero-order valence-corrected chi connectivity index (χ0v) is 11.9. The Morgan fingerprint density at radius 1 is 0.640 bits per heavy atom. The Hall–Kier alpha value is -2.78. The minimum absolute atomic E-state index is 0.253. The van der Waals surface area contributed by atoms with Gasteiger partial charge in [-0.3, -0.25) is 0 Å². The lowest BCUT2D eigenvalue weighted by Crippen LogP contribution is -2.54. The van der Waals surface area contributed by atoms with Gasteiger partial charge in [-0.15, -0.1) is 0 Å². The van der Waals surface area contributed by atoms with Gasteiger partial charge in [0.05, 0.1) is 0 Å². The van der Waals surface area contributed by atoms with Gasteiger partial charge in [-0.2, -0.15) is 26.3 Å². The molecular weight excluding hydrogens is 358 g/mol. The molecule has 4 N–H and O–H groups in total. The topological polar surface area (TPSA) is 80.9 Å². The van der Waals surface area contributed by atoms with Gasteiger partial charge in [0.1, 0.15) is 0 Å². The average molecular weight is 366 g/mol. The smallest absolute Gasteiger partial charge is 0.411 e. The number of alkyl halides is 6. The van der Waals surface area contributed by atoms with Gasteiger partial charge >= 0.3 is 12.4 Å². The molecule has 0 heterocycles. The molecule has 10 heteroatoms. The lowest BCUT2D eigenvalue weighted by molar-refractivity contribution is -0.289. The molecule has 0 aliphatic heterocycles. The molecule has 2 aromatic carbocycles. The van der Waals surface area contributed by atoms with Crippen molar-refractivity contribution in [2.75, 3.05) is 0 Å². The van der Waals surface area contributed by atoms with Gasteiger partial charge in [-0.1, -0.05) is 12.1 Å². The Morgan fingerprint density at radius 3 is 1.24 bits per heavy atom. The highest BCUT2D eigenvalue weighted by Gasteiger charge is 2.74. The fourth-order valence-corrected chi connectivity index (χ4v) is 2.48. The van der Waals surface area contributed by atoms with Crippen LogP contribution in [0.15, 0.2) is 24.3 Å². The Balaban J connectivity index is 3.09. The van der Waals surface area contributed by atoms with Gasteiger partial charge in [0.15, 0.2) is 23.0 Å². The number of hydrogen-bond donors (Lipinski definition) is 4. The number of phenolic OH excluding ortho intramolecular Hbond substituents is 4. The molecule has 0 atom stereocenters. The van der Waals surface area contributed by atoms with Crippen molar-refractivity contribution in [1.29, 1.82) is 0 Å². The molecule has 2 radical (unpaired) electrons. The van der Waals surface area contributed by atoms with Crippen LogP contribution in [-0.2, 0) is 5.41 Å². The van der Waals surface area contributed by atoms with Crippen molar-refractivity contribution in [3.05, 3.63) is 47.5 Å². The van der Waals surface area contributed by atoms with E-state index < -0.39 is 51.9 Å². The molecule has 0 amide bonds. The number of halogens is 6. The summed E-state index contributed by atoms with van der Waals surface area (Å²) >= 11 is 0. The second kappa shape index (κ2) is 5.64. The molecule has 4 nitrogen and oxygen atoms in total. The summed E-state index contributed by atoms with van der Waals surface area (Å²) in [6.45, 7) is 0. The van der Waals surface area contributed by atoms with Gasteiger partial charge in [-0.05, 0) is 12.1 Å². The summed E-state index contributed by atoms with van der Waals surface area (Å²) in [4.78, 5) is 0. The molecule has 2 aromatic rings. The molecule has 25 heavy (non-hydrogen) atoms. The normalized spacial score (nSPS) is 13.0. The lowest BCUT2D eigenvalue weighted by Gasteiger charge is -2.38. The molecule has 0 unspecified atom stereocenters. The first kappa shape index (κ1) is 18.6. The van der Waals surface area contributed by atoms with Crippen LogP contribution < -0.4 is 0 Å². The third-order valence-electron chi connectivity index (χ3n) is 3.56. The summed E-state index contributed by atoms with van der Waals surface area (Å²) in [6, 6.07) is 5.29. The SMILES string of the molecule is Oc1[c]ccc(C(c2cc[c]c(O)c2O)(C(F)(F)F)C(F)(F)F)c1O. The summed E-state index contributed by atoms with van der Waals surface area (Å²) in [7, 11) is 0. The molecular formula is C15H8F6O4. The molecule has 0 aliphatic carbocycles. The summed E-state index contributed by atoms with van der Waals surface area (Å²) in [5.74, 6) is -6.13. The monoisotopic (exact) mass is 366 g/mol. The summed E-state index contributed by atoms with van der Waals surface area (Å²) in [6.07, 6.45) is -12.2. The first-order chi connectivity index (χ1) is 11.4. The number of benzene rings is 2. The van der Waals surface area contributed by atoms with E-state index in [4.69, 9.17) is 0 Å². The van der Waals surface area contributed by atoms with E-state index in [1.54, 1.807) is 0 Å². The zero-order valence-electron chi connectivity index (χ0n) is 11.9. The van der Waals surface area contributed by atoms with Crippen molar-refractivity contribution >= 4 is 0 Å². The van der Waals surface area contributed by atoms with E-state index in [-0.39, 0.29) is 12.1 Å². The minimum Gasteiger partial charge on any atom is -0.504 e. The fraction of sp³-hybridized carbons (Fsp3) is 0.200. The van der Waals surface area contributed by atoms with Crippen LogP contribution in [0.25, 0.3) is 0 Å². The van der Waals surface area contributed by atoms with E-state index in [9.17, 15) is 46.8 Å². The Bertz CT molecular complexity index is 730. The molecule has 0 aliphatic rings. The van der Waals surface area contributed by atoms with Crippen LogP contribution in [0, 0.1) is 12.1 Å². The van der Waals surface area contributed by atoms with Gasteiger partial charge in [0.2, 0.25) is 5.41 Å². The van der Waals surface area contributed by atoms with Crippen LogP contribution in [0.2, 0.25) is 0 Å². The largest absolute Gasteiger partial charge is 0.504 e. The van der Waals surface area contributed by atoms with Crippen molar-refractivity contribution in [3.8, 4) is 23.0 Å². The van der Waals surface area contributed by atoms with Crippen molar-refractivity contribution in [3.63, 3.8) is 0 Å². The van der Waals surface area contributed by atoms with Crippen LogP contribution in [0.1, 0.15) is 11.1 Å². The summed E-state index contributed by atoms with van der Waals surface area (Å²) in [5.41, 5.74) is -8.51. The van der Waals surface area contributed by atoms with Crippen LogP contribution >= 0.6 is 0 Å². The number of rotatable bonds is 2. The predicted octanol–water partition coefficient (Wildman–Crippen LogP) is 3.52. The van der Waals surface area contributed by atoms with E-state index in [1.165, 1.54) is 0 Å². The van der Waals surface area contributed by atoms with Gasteiger partial charge in [-0.25, -0.2) is 0 Å². The van der Waals surface area contributed by atoms with E-state index in [1.807, 2.05) is 12.1 Å². The van der Waals surface area contributed by atoms with Gasteiger partial charge in [0.25, 0.3) is 0 Å². The Morgan fingerprint density at radius 2 is 0.960 bits per heavy atom. The highest BCUT2D eigenvalue weighted by atomic mass is 19.4. The maximum absolute atomic E-state index is 13.7. The lowest BCUT2D eigenvalue weighted by atomic mass is 9.72. The van der Waals surface area contributed by atoms with Crippen LogP contribution in [0.5, 0.6) is 23.0 Å². The van der Waals surface area contributed by atoms with Gasteiger partial charge < -0.3 is 20.4 Å². The quantitative estimate of drug-likeness (QED) is 0.484. The summed E-state index contributed by atoms with van der Waals surface area (Å²) in [5, 5.41) is 37.9. The average Bonchev–Trinajstić information content (AvgIpc) is 2.45. The Labute approximate surface area is 136 Å². The molecule has 0 fully saturated rings. The molecule has 0 saturated heterocycles. The van der Waals surface area contributed by atoms with Crippen molar-refractivity contribution in [1.82, 2.24) is 0 Å². The molecule has 2 rings (SSSR count). The molecule has 0 spiro atoms. The standard InChI is InChI=1S/C15H8F6O4/c16-14(17,18)13(15(19,20)21,7-3-1-5-9(22)11(7)24)8-4-2-6-10(23)12(8)25/h1-4,22-25H. The predicted molar refractivity (Wildman–Crippen MR) is 70.1 cm³/mol. The van der Waals surface area contributed by atoms with Crippen molar-refractivity contribution < 1.29 is 46.8 Å². The van der Waals surface area contributed by atoms with Gasteiger partial charge in [0, 0.05) is 23.3 Å². The third-order valence-corrected chi connectivity index (χ3v) is 3.56. The maximum atomic E-state index is 13.7. The number of phenols is 4. The molecule has 0 aromatic heterocycles. The zero-order chi connectivity index (χ0) is 19.2. The van der Waals surface area contributed by atoms with Crippen LogP contribution in [0.4, 0.5) is 26.3 Å². The first-order valence-electron chi connectivity index (χ1n) is 6.35. The number of hydrogen-bond acceptors (Lipinski definition) is 4. The fourth-order valence-electron chi connectivity index (χ4n) is 2.48.